The van der Waals surface area contributed by atoms with Gasteiger partial charge in [0.05, 0.1) is 5.92 Å². The lowest BCUT2D eigenvalue weighted by Crippen LogP contribution is -2.30. The zero-order valence-electron chi connectivity index (χ0n) is 16.6. The first-order valence-corrected chi connectivity index (χ1v) is 9.82. The highest BCUT2D eigenvalue weighted by Gasteiger charge is 2.34. The topological polar surface area (TPSA) is 65.2 Å². The Hall–Kier alpha value is -3.15. The summed E-state index contributed by atoms with van der Waals surface area (Å²) in [4.78, 5) is 29.9. The molecule has 5 nitrogen and oxygen atoms in total. The van der Waals surface area contributed by atoms with Gasteiger partial charge in [-0.1, -0.05) is 17.7 Å². The van der Waals surface area contributed by atoms with Crippen molar-refractivity contribution in [3.05, 3.63) is 65.1 Å². The Morgan fingerprint density at radius 1 is 1.24 bits per heavy atom. The lowest BCUT2D eigenvalue weighted by atomic mass is 10.1. The van der Waals surface area contributed by atoms with Crippen molar-refractivity contribution in [2.45, 2.75) is 26.7 Å². The van der Waals surface area contributed by atoms with Crippen LogP contribution in [0.2, 0.25) is 0 Å². The molecule has 6 heteroatoms. The summed E-state index contributed by atoms with van der Waals surface area (Å²) in [5, 5.41) is 3.79. The fraction of sp³-hybridized carbons (Fsp3) is 0.304. The highest BCUT2D eigenvalue weighted by molar-refractivity contribution is 5.97. The number of carbonyl (C=O) groups excluding carboxylic acids is 2. The van der Waals surface area contributed by atoms with Crippen LogP contribution in [0.3, 0.4) is 0 Å². The molecule has 0 saturated carbocycles. The summed E-state index contributed by atoms with van der Waals surface area (Å²) >= 11 is 0. The lowest BCUT2D eigenvalue weighted by Gasteiger charge is -2.17. The van der Waals surface area contributed by atoms with Gasteiger partial charge in [0.25, 0.3) is 0 Å². The van der Waals surface area contributed by atoms with Gasteiger partial charge in [-0.2, -0.15) is 0 Å². The van der Waals surface area contributed by atoms with E-state index >= 15 is 0 Å². The van der Waals surface area contributed by atoms with Crippen LogP contribution in [0.15, 0.2) is 42.6 Å². The van der Waals surface area contributed by atoms with Gasteiger partial charge in [0.15, 0.2) is 0 Å². The van der Waals surface area contributed by atoms with E-state index in [0.29, 0.717) is 19.5 Å². The summed E-state index contributed by atoms with van der Waals surface area (Å²) in [6, 6.07) is 10.5. The first-order chi connectivity index (χ1) is 13.9. The standard InChI is InChI=1S/C23H24FN3O2/c1-14-3-5-20(15(2)9-14)26-23(29)17-10-22(28)27(13-17)8-7-16-12-25-21-6-4-18(24)11-19(16)21/h3-6,9,11-12,17,25H,7-8,10,13H2,1-2H3,(H,26,29)/t17-/m0/s1. The monoisotopic (exact) mass is 393 g/mol. The number of benzene rings is 2. The first kappa shape index (κ1) is 19.2. The number of nitrogens with one attached hydrogen (secondary N) is 2. The number of carbonyl (C=O) groups is 2. The van der Waals surface area contributed by atoms with E-state index in [1.807, 2.05) is 38.2 Å². The molecule has 2 N–H and O–H groups in total. The third-order valence-electron chi connectivity index (χ3n) is 5.61. The number of aryl methyl sites for hydroxylation is 2. The molecule has 0 bridgehead atoms. The molecule has 2 heterocycles. The van der Waals surface area contributed by atoms with Crippen LogP contribution >= 0.6 is 0 Å². The fourth-order valence-electron chi connectivity index (χ4n) is 3.97. The zero-order valence-corrected chi connectivity index (χ0v) is 16.6. The minimum Gasteiger partial charge on any atom is -0.361 e. The first-order valence-electron chi connectivity index (χ1n) is 9.82. The summed E-state index contributed by atoms with van der Waals surface area (Å²) in [5.74, 6) is -0.777. The Kier molecular flexibility index (Phi) is 5.09. The van der Waals surface area contributed by atoms with Crippen LogP contribution in [0.4, 0.5) is 10.1 Å². The van der Waals surface area contributed by atoms with Crippen molar-refractivity contribution in [1.82, 2.24) is 9.88 Å². The van der Waals surface area contributed by atoms with Gasteiger partial charge in [0.2, 0.25) is 11.8 Å². The summed E-state index contributed by atoms with van der Waals surface area (Å²) in [7, 11) is 0. The highest BCUT2D eigenvalue weighted by Crippen LogP contribution is 2.24. The second kappa shape index (κ2) is 7.70. The number of anilines is 1. The van der Waals surface area contributed by atoms with Crippen molar-refractivity contribution in [3.8, 4) is 0 Å². The van der Waals surface area contributed by atoms with Crippen LogP contribution in [-0.4, -0.2) is 34.8 Å². The van der Waals surface area contributed by atoms with Crippen LogP contribution < -0.4 is 5.32 Å². The van der Waals surface area contributed by atoms with E-state index in [2.05, 4.69) is 10.3 Å². The minimum atomic E-state index is -0.358. The smallest absolute Gasteiger partial charge is 0.229 e. The molecule has 2 amide bonds. The second-order valence-electron chi connectivity index (χ2n) is 7.80. The van der Waals surface area contributed by atoms with Gasteiger partial charge >= 0.3 is 0 Å². The van der Waals surface area contributed by atoms with Crippen molar-refractivity contribution in [3.63, 3.8) is 0 Å². The molecule has 29 heavy (non-hydrogen) atoms. The van der Waals surface area contributed by atoms with Gasteiger partial charge in [-0.15, -0.1) is 0 Å². The Morgan fingerprint density at radius 2 is 2.07 bits per heavy atom. The molecule has 0 radical (unpaired) electrons. The average molecular weight is 393 g/mol. The maximum absolute atomic E-state index is 13.5. The normalized spacial score (nSPS) is 16.6. The van der Waals surface area contributed by atoms with Gasteiger partial charge < -0.3 is 15.2 Å². The average Bonchev–Trinajstić information content (AvgIpc) is 3.25. The van der Waals surface area contributed by atoms with Crippen molar-refractivity contribution in [2.24, 2.45) is 5.92 Å². The van der Waals surface area contributed by atoms with E-state index in [9.17, 15) is 14.0 Å². The molecule has 1 saturated heterocycles. The number of halogens is 1. The molecule has 3 aromatic rings. The molecule has 0 aliphatic carbocycles. The fourth-order valence-corrected chi connectivity index (χ4v) is 3.97. The summed E-state index contributed by atoms with van der Waals surface area (Å²) < 4.78 is 13.5. The molecule has 2 aromatic carbocycles. The Balaban J connectivity index is 1.38. The Bertz CT molecular complexity index is 1090. The van der Waals surface area contributed by atoms with E-state index in [4.69, 9.17) is 0 Å². The van der Waals surface area contributed by atoms with Crippen LogP contribution in [0.25, 0.3) is 10.9 Å². The Labute approximate surface area is 168 Å². The van der Waals surface area contributed by atoms with Crippen molar-refractivity contribution in [2.75, 3.05) is 18.4 Å². The van der Waals surface area contributed by atoms with Gasteiger partial charge in [-0.05, 0) is 55.7 Å². The van der Waals surface area contributed by atoms with Crippen molar-refractivity contribution < 1.29 is 14.0 Å². The van der Waals surface area contributed by atoms with E-state index < -0.39 is 0 Å². The molecule has 1 aromatic heterocycles. The number of H-pyrrole nitrogens is 1. The van der Waals surface area contributed by atoms with Crippen LogP contribution in [0.1, 0.15) is 23.1 Å². The lowest BCUT2D eigenvalue weighted by molar-refractivity contribution is -0.128. The largest absolute Gasteiger partial charge is 0.361 e. The number of rotatable bonds is 5. The molecule has 150 valence electrons. The number of amides is 2. The predicted molar refractivity (Wildman–Crippen MR) is 111 cm³/mol. The van der Waals surface area contributed by atoms with Crippen molar-refractivity contribution >= 4 is 28.4 Å². The summed E-state index contributed by atoms with van der Waals surface area (Å²) in [6.07, 6.45) is 2.69. The zero-order chi connectivity index (χ0) is 20.5. The number of aromatic nitrogens is 1. The van der Waals surface area contributed by atoms with E-state index in [1.54, 1.807) is 11.0 Å². The summed E-state index contributed by atoms with van der Waals surface area (Å²) in [6.45, 7) is 4.88. The quantitative estimate of drug-likeness (QED) is 0.689. The van der Waals surface area contributed by atoms with Gasteiger partial charge in [0.1, 0.15) is 5.82 Å². The number of likely N-dealkylation sites (tertiary alicyclic amines) is 1. The minimum absolute atomic E-state index is 0.0169. The number of hydrogen-bond donors (Lipinski definition) is 2. The van der Waals surface area contributed by atoms with Crippen LogP contribution in [-0.2, 0) is 16.0 Å². The maximum atomic E-state index is 13.5. The molecular weight excluding hydrogens is 369 g/mol. The van der Waals surface area contributed by atoms with Gasteiger partial charge in [-0.3, -0.25) is 9.59 Å². The third kappa shape index (κ3) is 4.01. The van der Waals surface area contributed by atoms with Crippen molar-refractivity contribution in [1.29, 1.82) is 0 Å². The molecule has 1 fully saturated rings. The Morgan fingerprint density at radius 3 is 2.86 bits per heavy atom. The second-order valence-corrected chi connectivity index (χ2v) is 7.80. The molecule has 0 spiro atoms. The molecule has 1 aliphatic rings. The van der Waals surface area contributed by atoms with E-state index in [1.165, 1.54) is 12.1 Å². The predicted octanol–water partition coefficient (Wildman–Crippen LogP) is 3.95. The number of fused-ring (bicyclic) bond motifs is 1. The highest BCUT2D eigenvalue weighted by atomic mass is 19.1. The van der Waals surface area contributed by atoms with E-state index in [0.717, 1.165) is 33.3 Å². The number of aromatic amines is 1. The van der Waals surface area contributed by atoms with E-state index in [-0.39, 0.29) is 30.0 Å². The third-order valence-corrected chi connectivity index (χ3v) is 5.61. The summed E-state index contributed by atoms with van der Waals surface area (Å²) in [5.41, 5.74) is 4.77. The van der Waals surface area contributed by atoms with Gasteiger partial charge in [0, 0.05) is 42.3 Å². The van der Waals surface area contributed by atoms with Crippen LogP contribution in [0, 0.1) is 25.6 Å². The molecule has 1 atom stereocenters. The molecule has 1 aliphatic heterocycles. The maximum Gasteiger partial charge on any atom is 0.229 e. The molecular formula is C23H24FN3O2. The van der Waals surface area contributed by atoms with Gasteiger partial charge in [-0.25, -0.2) is 4.39 Å². The molecule has 0 unspecified atom stereocenters. The molecule has 4 rings (SSSR count). The van der Waals surface area contributed by atoms with Crippen LogP contribution in [0.5, 0.6) is 0 Å². The number of hydrogen-bond acceptors (Lipinski definition) is 2. The number of nitrogens with zero attached hydrogens (tertiary/aromatic N) is 1. The SMILES string of the molecule is Cc1ccc(NC(=O)[C@H]2CC(=O)N(CCc3c[nH]c4ccc(F)cc34)C2)c(C)c1.